The van der Waals surface area contributed by atoms with E-state index < -0.39 is 72.3 Å². The summed E-state index contributed by atoms with van der Waals surface area (Å²) in [6.45, 7) is -0.219. The number of carbonyl (C=O) groups is 6. The molecule has 12 N–H and O–H groups in total. The van der Waals surface area contributed by atoms with Gasteiger partial charge in [-0.2, -0.15) is 25.3 Å². The number of guanidine groups is 1. The van der Waals surface area contributed by atoms with Crippen LogP contribution in [-0.2, 0) is 41.6 Å². The molecule has 19 heteroatoms. The van der Waals surface area contributed by atoms with Crippen LogP contribution in [-0.4, -0.2) is 118 Å². The van der Waals surface area contributed by atoms with Gasteiger partial charge in [0.2, 0.25) is 29.5 Å². The van der Waals surface area contributed by atoms with Gasteiger partial charge < -0.3 is 53.0 Å². The molecule has 1 heterocycles. The molecule has 55 heavy (non-hydrogen) atoms. The van der Waals surface area contributed by atoms with Crippen molar-refractivity contribution in [2.24, 2.45) is 11.5 Å². The Morgan fingerprint density at radius 3 is 2.07 bits per heavy atom. The lowest BCUT2D eigenvalue weighted by Gasteiger charge is -2.27. The van der Waals surface area contributed by atoms with Gasteiger partial charge in [0.1, 0.15) is 24.2 Å². The number of amides is 5. The average Bonchev–Trinajstić information content (AvgIpc) is 3.56. The zero-order valence-electron chi connectivity index (χ0n) is 30.4. The summed E-state index contributed by atoms with van der Waals surface area (Å²) < 4.78 is 0. The average molecular weight is 799 g/mol. The summed E-state index contributed by atoms with van der Waals surface area (Å²) in [5.41, 5.74) is 13.5. The van der Waals surface area contributed by atoms with Crippen LogP contribution in [0.15, 0.2) is 60.8 Å². The predicted molar refractivity (Wildman–Crippen MR) is 215 cm³/mol. The molecule has 0 fully saturated rings. The molecule has 0 aliphatic carbocycles. The van der Waals surface area contributed by atoms with Crippen LogP contribution >= 0.6 is 25.3 Å². The second-order valence-electron chi connectivity index (χ2n) is 12.9. The maximum atomic E-state index is 14.1. The molecule has 0 aliphatic heterocycles. The first-order valence-electron chi connectivity index (χ1n) is 17.6. The molecule has 1 aromatic heterocycles. The number of para-hydroxylation sites is 1. The number of H-pyrrole nitrogens is 1. The van der Waals surface area contributed by atoms with Crippen molar-refractivity contribution >= 4 is 77.6 Å². The van der Waals surface area contributed by atoms with Crippen molar-refractivity contribution < 1.29 is 33.9 Å². The number of nitrogens with zero attached hydrogens (tertiary/aromatic N) is 1. The monoisotopic (exact) mass is 798 g/mol. The van der Waals surface area contributed by atoms with E-state index in [1.165, 1.54) is 7.05 Å². The molecule has 2 aromatic carbocycles. The van der Waals surface area contributed by atoms with Crippen molar-refractivity contribution in [2.75, 3.05) is 31.6 Å². The second kappa shape index (κ2) is 22.2. The number of aliphatic carboxylic acids is 1. The molecule has 0 bridgehead atoms. The molecule has 0 spiro atoms. The molecular formula is C36H50N10O7S2. The van der Waals surface area contributed by atoms with E-state index in [1.54, 1.807) is 36.5 Å². The fraction of sp³-hybridized carbons (Fsp3) is 0.417. The van der Waals surface area contributed by atoms with Crippen molar-refractivity contribution in [3.63, 3.8) is 0 Å². The Hall–Kier alpha value is -5.27. The number of benzene rings is 2. The SMILES string of the molecule is CN(CC(=O)N[C@H](Cc1ccccc1)C(=O)N[C@@H](CCCNC(=N)N)C(=O)N[C@@H](Cc1c[nH]c2ccccc12)C(=O)N[C@@H](CS)C(=O)O)C(=O)[C@@H](N)CCS. The van der Waals surface area contributed by atoms with E-state index in [2.05, 4.69) is 56.8 Å². The van der Waals surface area contributed by atoms with E-state index in [9.17, 15) is 33.9 Å². The standard InChI is InChI=1S/C36H50N10O7S2/c1-46(34(51)24(37)13-15-54)19-30(47)42-27(16-21-8-3-2-4-9-21)32(49)43-26(12-7-14-40-36(38)39)31(48)44-28(33(50)45-29(20-55)35(52)53)17-22-18-41-25-11-6-5-10-23(22)25/h2-6,8-11,18,24,26-29,41,54-55H,7,12-17,19-20,37H2,1H3,(H,42,47)(H,43,49)(H,44,48)(H,45,50)(H,52,53)(H4,38,39,40)/t24-,26-,27+,28-,29-/m0/s1. The van der Waals surface area contributed by atoms with Gasteiger partial charge in [-0.05, 0) is 42.2 Å². The predicted octanol–water partition coefficient (Wildman–Crippen LogP) is -0.724. The van der Waals surface area contributed by atoms with Gasteiger partial charge >= 0.3 is 5.97 Å². The molecule has 5 atom stereocenters. The van der Waals surface area contributed by atoms with Crippen LogP contribution in [0.2, 0.25) is 0 Å². The summed E-state index contributed by atoms with van der Waals surface area (Å²) in [7, 11) is 1.42. The van der Waals surface area contributed by atoms with Crippen molar-refractivity contribution in [1.29, 1.82) is 5.41 Å². The van der Waals surface area contributed by atoms with E-state index in [4.69, 9.17) is 16.9 Å². The summed E-state index contributed by atoms with van der Waals surface area (Å²) in [5.74, 6) is -4.84. The Morgan fingerprint density at radius 2 is 1.44 bits per heavy atom. The Bertz CT molecular complexity index is 1790. The van der Waals surface area contributed by atoms with Crippen LogP contribution in [0.4, 0.5) is 0 Å². The highest BCUT2D eigenvalue weighted by Gasteiger charge is 2.32. The van der Waals surface area contributed by atoms with E-state index in [0.29, 0.717) is 23.3 Å². The third kappa shape index (κ3) is 14.1. The molecular weight excluding hydrogens is 749 g/mol. The van der Waals surface area contributed by atoms with Gasteiger partial charge in [0.25, 0.3) is 0 Å². The first kappa shape index (κ1) is 44.1. The van der Waals surface area contributed by atoms with E-state index in [0.717, 1.165) is 15.8 Å². The van der Waals surface area contributed by atoms with Crippen LogP contribution in [0, 0.1) is 5.41 Å². The highest BCUT2D eigenvalue weighted by atomic mass is 32.1. The van der Waals surface area contributed by atoms with Crippen LogP contribution in [0.3, 0.4) is 0 Å². The third-order valence-corrected chi connectivity index (χ3v) is 9.22. The van der Waals surface area contributed by atoms with Gasteiger partial charge in [0, 0.05) is 49.3 Å². The van der Waals surface area contributed by atoms with Gasteiger partial charge in [-0.25, -0.2) is 4.79 Å². The number of thiol groups is 2. The number of hydrogen-bond donors (Lipinski definition) is 12. The number of aromatic nitrogens is 1. The van der Waals surface area contributed by atoms with Crippen molar-refractivity contribution in [3.05, 3.63) is 71.9 Å². The number of carbonyl (C=O) groups excluding carboxylic acids is 5. The number of nitrogens with two attached hydrogens (primary N) is 2. The topological polar surface area (TPSA) is 278 Å². The summed E-state index contributed by atoms with van der Waals surface area (Å²) in [4.78, 5) is 83.5. The van der Waals surface area contributed by atoms with Crippen LogP contribution in [0.1, 0.15) is 30.4 Å². The summed E-state index contributed by atoms with van der Waals surface area (Å²) in [5, 5.41) is 31.0. The largest absolute Gasteiger partial charge is 0.480 e. The summed E-state index contributed by atoms with van der Waals surface area (Å²) in [6.07, 6.45) is 2.24. The number of carboxylic acid groups (broad SMARTS) is 1. The molecule has 0 saturated heterocycles. The number of rotatable bonds is 22. The van der Waals surface area contributed by atoms with Crippen molar-refractivity contribution in [2.45, 2.75) is 62.3 Å². The molecule has 0 saturated carbocycles. The number of likely N-dealkylation sites (N-methyl/N-ethyl adjacent to an activating group) is 1. The fourth-order valence-electron chi connectivity index (χ4n) is 5.67. The van der Waals surface area contributed by atoms with Crippen LogP contribution < -0.4 is 38.1 Å². The maximum Gasteiger partial charge on any atom is 0.327 e. The quantitative estimate of drug-likeness (QED) is 0.0262. The summed E-state index contributed by atoms with van der Waals surface area (Å²) in [6, 6.07) is 10.2. The Morgan fingerprint density at radius 1 is 0.836 bits per heavy atom. The first-order valence-corrected chi connectivity index (χ1v) is 18.8. The number of fused-ring (bicyclic) bond motifs is 1. The number of carboxylic acids is 1. The van der Waals surface area contributed by atoms with E-state index in [1.807, 2.05) is 24.3 Å². The maximum absolute atomic E-state index is 14.1. The lowest BCUT2D eigenvalue weighted by Crippen LogP contribution is -2.59. The fourth-order valence-corrected chi connectivity index (χ4v) is 6.19. The Balaban J connectivity index is 1.89. The molecule has 0 unspecified atom stereocenters. The molecule has 0 radical (unpaired) electrons. The van der Waals surface area contributed by atoms with Crippen LogP contribution in [0.25, 0.3) is 10.9 Å². The van der Waals surface area contributed by atoms with Crippen LogP contribution in [0.5, 0.6) is 0 Å². The molecule has 3 rings (SSSR count). The minimum Gasteiger partial charge on any atom is -0.480 e. The van der Waals surface area contributed by atoms with Crippen molar-refractivity contribution in [3.8, 4) is 0 Å². The highest BCUT2D eigenvalue weighted by molar-refractivity contribution is 7.80. The normalized spacial score (nSPS) is 13.7. The van der Waals surface area contributed by atoms with E-state index in [-0.39, 0.29) is 43.9 Å². The highest BCUT2D eigenvalue weighted by Crippen LogP contribution is 2.19. The lowest BCUT2D eigenvalue weighted by atomic mass is 10.0. The smallest absolute Gasteiger partial charge is 0.327 e. The molecule has 3 aromatic rings. The van der Waals surface area contributed by atoms with Gasteiger partial charge in [0.05, 0.1) is 12.6 Å². The van der Waals surface area contributed by atoms with Gasteiger partial charge in [-0.15, -0.1) is 0 Å². The molecule has 298 valence electrons. The lowest BCUT2D eigenvalue weighted by molar-refractivity contribution is -0.141. The molecule has 0 aliphatic rings. The van der Waals surface area contributed by atoms with Gasteiger partial charge in [0.15, 0.2) is 5.96 Å². The first-order chi connectivity index (χ1) is 26.2. The minimum absolute atomic E-state index is 0.0138. The zero-order chi connectivity index (χ0) is 40.5. The van der Waals surface area contributed by atoms with E-state index >= 15 is 0 Å². The third-order valence-electron chi connectivity index (χ3n) is 8.60. The van der Waals surface area contributed by atoms with Crippen molar-refractivity contribution in [1.82, 2.24) is 36.5 Å². The molecule has 17 nitrogen and oxygen atoms in total. The number of nitrogens with one attached hydrogen (secondary N) is 7. The Kier molecular flexibility index (Phi) is 17.8. The minimum atomic E-state index is -1.35. The van der Waals surface area contributed by atoms with Gasteiger partial charge in [-0.3, -0.25) is 29.4 Å². The zero-order valence-corrected chi connectivity index (χ0v) is 32.2. The van der Waals surface area contributed by atoms with Gasteiger partial charge in [-0.1, -0.05) is 48.5 Å². The Labute approximate surface area is 329 Å². The second-order valence-corrected chi connectivity index (χ2v) is 13.7. The number of aromatic amines is 1. The number of hydrogen-bond acceptors (Lipinski definition) is 10. The molecule has 5 amide bonds. The summed E-state index contributed by atoms with van der Waals surface area (Å²) >= 11 is 8.14.